The number of allylic oxidation sites excluding steroid dienone is 1. The first-order chi connectivity index (χ1) is 10.9. The minimum absolute atomic E-state index is 0.780. The number of hydrogen-bond acceptors (Lipinski definition) is 1. The second-order valence-corrected chi connectivity index (χ2v) is 7.81. The predicted molar refractivity (Wildman–Crippen MR) is 105 cm³/mol. The molecule has 0 atom stereocenters. The minimum Gasteiger partial charge on any atom is -0.303 e. The summed E-state index contributed by atoms with van der Waals surface area (Å²) in [5, 5.41) is 0. The molecule has 0 N–H and O–H groups in total. The van der Waals surface area contributed by atoms with Crippen LogP contribution in [0.2, 0.25) is 0 Å². The van der Waals surface area contributed by atoms with Gasteiger partial charge in [0.25, 0.3) is 0 Å². The molecule has 1 aromatic carbocycles. The monoisotopic (exact) mass is 315 g/mol. The topological polar surface area (TPSA) is 3.24 Å². The van der Waals surface area contributed by atoms with E-state index < -0.39 is 0 Å². The van der Waals surface area contributed by atoms with E-state index in [1.807, 2.05) is 0 Å². The third kappa shape index (κ3) is 8.95. The standard InChI is InChI=1S/C22H37N/c1-18(2)8-7-16-23(6)17-15-20(5)22-13-11-21(12-14-22)10-9-19(3)4/h11-15,18-19H,7-10,16-17H2,1-6H3/b20-15+. The van der Waals surface area contributed by atoms with E-state index in [-0.39, 0.29) is 0 Å². The highest BCUT2D eigenvalue weighted by Gasteiger charge is 2.01. The largest absolute Gasteiger partial charge is 0.303 e. The van der Waals surface area contributed by atoms with Gasteiger partial charge in [0.1, 0.15) is 0 Å². The molecule has 0 unspecified atom stereocenters. The van der Waals surface area contributed by atoms with Gasteiger partial charge in [0.15, 0.2) is 0 Å². The van der Waals surface area contributed by atoms with Gasteiger partial charge < -0.3 is 4.90 Å². The number of likely N-dealkylation sites (N-methyl/N-ethyl adjacent to an activating group) is 1. The quantitative estimate of drug-likeness (QED) is 0.508. The summed E-state index contributed by atoms with van der Waals surface area (Å²) in [5.74, 6) is 1.59. The number of hydrogen-bond donors (Lipinski definition) is 0. The lowest BCUT2D eigenvalue weighted by Crippen LogP contribution is -2.20. The normalized spacial score (nSPS) is 12.7. The average Bonchev–Trinajstić information content (AvgIpc) is 2.50. The van der Waals surface area contributed by atoms with Crippen LogP contribution < -0.4 is 0 Å². The van der Waals surface area contributed by atoms with Gasteiger partial charge in [-0.05, 0) is 74.7 Å². The Morgan fingerprint density at radius 3 is 2.17 bits per heavy atom. The Bertz CT molecular complexity index is 453. The molecular weight excluding hydrogens is 278 g/mol. The van der Waals surface area contributed by atoms with Crippen LogP contribution in [0.15, 0.2) is 30.3 Å². The molecule has 0 aliphatic rings. The van der Waals surface area contributed by atoms with Crippen LogP contribution >= 0.6 is 0 Å². The maximum absolute atomic E-state index is 2.42. The van der Waals surface area contributed by atoms with Gasteiger partial charge in [0.2, 0.25) is 0 Å². The van der Waals surface area contributed by atoms with E-state index >= 15 is 0 Å². The van der Waals surface area contributed by atoms with Crippen LogP contribution in [-0.2, 0) is 6.42 Å². The van der Waals surface area contributed by atoms with Crippen molar-refractivity contribution < 1.29 is 0 Å². The first kappa shape index (κ1) is 20.0. The lowest BCUT2D eigenvalue weighted by atomic mass is 10.00. The number of nitrogens with zero attached hydrogens (tertiary/aromatic N) is 1. The number of aryl methyl sites for hydroxylation is 1. The van der Waals surface area contributed by atoms with Crippen molar-refractivity contribution in [2.24, 2.45) is 11.8 Å². The molecule has 0 aliphatic heterocycles. The Morgan fingerprint density at radius 1 is 1.00 bits per heavy atom. The molecule has 0 amide bonds. The van der Waals surface area contributed by atoms with E-state index in [2.05, 4.69) is 76.9 Å². The van der Waals surface area contributed by atoms with Crippen LogP contribution in [0, 0.1) is 11.8 Å². The van der Waals surface area contributed by atoms with Gasteiger partial charge in [0, 0.05) is 6.54 Å². The van der Waals surface area contributed by atoms with Gasteiger partial charge in [-0.1, -0.05) is 58.0 Å². The summed E-state index contributed by atoms with van der Waals surface area (Å²) in [4.78, 5) is 2.42. The third-order valence-corrected chi connectivity index (χ3v) is 4.45. The molecule has 0 saturated heterocycles. The Hall–Kier alpha value is -1.08. The molecule has 0 bridgehead atoms. The lowest BCUT2D eigenvalue weighted by Gasteiger charge is -2.15. The molecule has 1 nitrogen and oxygen atoms in total. The molecule has 0 saturated carbocycles. The van der Waals surface area contributed by atoms with Crippen LogP contribution in [0.4, 0.5) is 0 Å². The summed E-state index contributed by atoms with van der Waals surface area (Å²) in [5.41, 5.74) is 4.20. The fourth-order valence-corrected chi connectivity index (χ4v) is 2.66. The van der Waals surface area contributed by atoms with Crippen LogP contribution in [0.3, 0.4) is 0 Å². The fraction of sp³-hybridized carbons (Fsp3) is 0.636. The molecular formula is C22H37N. The van der Waals surface area contributed by atoms with Gasteiger partial charge >= 0.3 is 0 Å². The molecule has 0 spiro atoms. The molecule has 130 valence electrons. The van der Waals surface area contributed by atoms with Crippen molar-refractivity contribution in [2.75, 3.05) is 20.1 Å². The SMILES string of the molecule is C/C(=C\CN(C)CCCC(C)C)c1ccc(CCC(C)C)cc1. The van der Waals surface area contributed by atoms with E-state index in [0.29, 0.717) is 0 Å². The zero-order valence-electron chi connectivity index (χ0n) is 16.2. The molecule has 0 aliphatic carbocycles. The summed E-state index contributed by atoms with van der Waals surface area (Å²) in [6.45, 7) is 13.6. The lowest BCUT2D eigenvalue weighted by molar-refractivity contribution is 0.348. The highest BCUT2D eigenvalue weighted by Crippen LogP contribution is 2.16. The average molecular weight is 316 g/mol. The van der Waals surface area contributed by atoms with Crippen molar-refractivity contribution in [1.29, 1.82) is 0 Å². The molecule has 1 heteroatoms. The predicted octanol–water partition coefficient (Wildman–Crippen LogP) is 6.05. The van der Waals surface area contributed by atoms with Crippen molar-refractivity contribution in [1.82, 2.24) is 4.90 Å². The van der Waals surface area contributed by atoms with Crippen LogP contribution in [0.5, 0.6) is 0 Å². The molecule has 1 aromatic rings. The molecule has 0 aromatic heterocycles. The van der Waals surface area contributed by atoms with E-state index in [1.165, 1.54) is 48.9 Å². The van der Waals surface area contributed by atoms with E-state index in [1.54, 1.807) is 0 Å². The van der Waals surface area contributed by atoms with E-state index in [0.717, 1.165) is 18.4 Å². The number of rotatable bonds is 10. The number of benzene rings is 1. The van der Waals surface area contributed by atoms with Crippen molar-refractivity contribution in [3.8, 4) is 0 Å². The van der Waals surface area contributed by atoms with E-state index in [9.17, 15) is 0 Å². The second-order valence-electron chi connectivity index (χ2n) is 7.81. The third-order valence-electron chi connectivity index (χ3n) is 4.45. The van der Waals surface area contributed by atoms with Gasteiger partial charge in [-0.3, -0.25) is 0 Å². The van der Waals surface area contributed by atoms with Gasteiger partial charge in [0.05, 0.1) is 0 Å². The van der Waals surface area contributed by atoms with Crippen LogP contribution in [-0.4, -0.2) is 25.0 Å². The summed E-state index contributed by atoms with van der Waals surface area (Å²) >= 11 is 0. The van der Waals surface area contributed by atoms with Gasteiger partial charge in [-0.2, -0.15) is 0 Å². The Balaban J connectivity index is 2.44. The Morgan fingerprint density at radius 2 is 1.61 bits per heavy atom. The van der Waals surface area contributed by atoms with Gasteiger partial charge in [-0.25, -0.2) is 0 Å². The zero-order chi connectivity index (χ0) is 17.2. The molecule has 0 radical (unpaired) electrons. The Labute approximate surface area is 144 Å². The van der Waals surface area contributed by atoms with Crippen LogP contribution in [0.1, 0.15) is 65.0 Å². The maximum atomic E-state index is 2.42. The first-order valence-electron chi connectivity index (χ1n) is 9.33. The highest BCUT2D eigenvalue weighted by atomic mass is 15.1. The van der Waals surface area contributed by atoms with Crippen molar-refractivity contribution in [2.45, 2.75) is 60.3 Å². The summed E-state index contributed by atoms with van der Waals surface area (Å²) in [7, 11) is 2.22. The molecule has 0 fully saturated rings. The highest BCUT2D eigenvalue weighted by molar-refractivity contribution is 5.63. The summed E-state index contributed by atoms with van der Waals surface area (Å²) in [6.07, 6.45) is 7.45. The van der Waals surface area contributed by atoms with E-state index in [4.69, 9.17) is 0 Å². The molecule has 1 rings (SSSR count). The van der Waals surface area contributed by atoms with Crippen molar-refractivity contribution >= 4 is 5.57 Å². The Kier molecular flexibility index (Phi) is 9.24. The van der Waals surface area contributed by atoms with Crippen molar-refractivity contribution in [3.63, 3.8) is 0 Å². The minimum atomic E-state index is 0.780. The van der Waals surface area contributed by atoms with Gasteiger partial charge in [-0.15, -0.1) is 0 Å². The van der Waals surface area contributed by atoms with Crippen molar-refractivity contribution in [3.05, 3.63) is 41.5 Å². The van der Waals surface area contributed by atoms with Crippen LogP contribution in [0.25, 0.3) is 5.57 Å². The summed E-state index contributed by atoms with van der Waals surface area (Å²) in [6, 6.07) is 9.14. The molecule has 0 heterocycles. The summed E-state index contributed by atoms with van der Waals surface area (Å²) < 4.78 is 0. The second kappa shape index (κ2) is 10.6. The maximum Gasteiger partial charge on any atom is 0.0165 e. The fourth-order valence-electron chi connectivity index (χ4n) is 2.66. The zero-order valence-corrected chi connectivity index (χ0v) is 16.2. The first-order valence-corrected chi connectivity index (χ1v) is 9.33. The molecule has 23 heavy (non-hydrogen) atoms. The smallest absolute Gasteiger partial charge is 0.0165 e.